The first-order chi connectivity index (χ1) is 8.27. The molecule has 104 valence electrons. The molecule has 3 atom stereocenters. The van der Waals surface area contributed by atoms with Gasteiger partial charge in [-0.05, 0) is 41.9 Å². The van der Waals surface area contributed by atoms with Crippen LogP contribution in [0.2, 0.25) is 0 Å². The lowest BCUT2D eigenvalue weighted by Gasteiger charge is -2.43. The van der Waals surface area contributed by atoms with E-state index >= 15 is 0 Å². The summed E-state index contributed by atoms with van der Waals surface area (Å²) in [4.78, 5) is 11.4. The minimum atomic E-state index is -0.721. The number of carbonyl (C=O) groups is 1. The maximum absolute atomic E-state index is 11.4. The zero-order valence-electron chi connectivity index (χ0n) is 12.6. The highest BCUT2D eigenvalue weighted by molar-refractivity contribution is 5.87. The minimum absolute atomic E-state index is 0.198. The number of rotatable bonds is 4. The Labute approximate surface area is 111 Å². The number of aliphatic carboxylic acids is 1. The fourth-order valence-electron chi connectivity index (χ4n) is 3.69. The third-order valence-electron chi connectivity index (χ3n) is 4.47. The summed E-state index contributed by atoms with van der Waals surface area (Å²) >= 11 is 0. The predicted molar refractivity (Wildman–Crippen MR) is 75.3 cm³/mol. The van der Waals surface area contributed by atoms with Crippen LogP contribution in [0.1, 0.15) is 48.0 Å². The average molecular weight is 252 g/mol. The van der Waals surface area contributed by atoms with Crippen LogP contribution in [0.5, 0.6) is 0 Å². The topological polar surface area (TPSA) is 37.3 Å². The van der Waals surface area contributed by atoms with Gasteiger partial charge in [0.2, 0.25) is 0 Å². The molecule has 2 heteroatoms. The molecule has 0 heterocycles. The molecule has 18 heavy (non-hydrogen) atoms. The Kier molecular flexibility index (Phi) is 5.01. The second-order valence-electron chi connectivity index (χ2n) is 6.70. The highest BCUT2D eigenvalue weighted by Gasteiger charge is 2.41. The highest BCUT2D eigenvalue weighted by Crippen LogP contribution is 2.45. The van der Waals surface area contributed by atoms with Gasteiger partial charge < -0.3 is 5.11 Å². The first kappa shape index (κ1) is 15.3. The summed E-state index contributed by atoms with van der Waals surface area (Å²) in [5.74, 6) is 2.12. The summed E-state index contributed by atoms with van der Waals surface area (Å²) in [5.41, 5.74) is 0.653. The van der Waals surface area contributed by atoms with Crippen molar-refractivity contribution < 1.29 is 9.90 Å². The summed E-state index contributed by atoms with van der Waals surface area (Å²) in [6.45, 7) is 13.3. The van der Waals surface area contributed by atoms with Crippen molar-refractivity contribution in [3.05, 3.63) is 11.6 Å². The molecule has 2 nitrogen and oxygen atoms in total. The van der Waals surface area contributed by atoms with E-state index in [4.69, 9.17) is 0 Å². The number of hydrogen-bond acceptors (Lipinski definition) is 1. The van der Waals surface area contributed by atoms with Crippen molar-refractivity contribution in [2.24, 2.45) is 35.5 Å². The van der Waals surface area contributed by atoms with Crippen LogP contribution in [0.3, 0.4) is 0 Å². The van der Waals surface area contributed by atoms with Crippen LogP contribution in [0.4, 0.5) is 0 Å². The van der Waals surface area contributed by atoms with Crippen molar-refractivity contribution in [2.45, 2.75) is 48.0 Å². The van der Waals surface area contributed by atoms with E-state index in [0.29, 0.717) is 35.2 Å². The molecule has 0 spiro atoms. The van der Waals surface area contributed by atoms with Gasteiger partial charge in [-0.3, -0.25) is 0 Å². The molecule has 0 saturated heterocycles. The van der Waals surface area contributed by atoms with Crippen molar-refractivity contribution in [2.75, 3.05) is 0 Å². The monoisotopic (exact) mass is 252 g/mol. The van der Waals surface area contributed by atoms with E-state index in [1.54, 1.807) is 0 Å². The number of carboxylic acid groups (broad SMARTS) is 1. The fraction of sp³-hybridized carbons (Fsp3) is 0.812. The summed E-state index contributed by atoms with van der Waals surface area (Å²) in [6, 6.07) is 0. The molecule has 0 aliphatic heterocycles. The quantitative estimate of drug-likeness (QED) is 0.813. The first-order valence-corrected chi connectivity index (χ1v) is 7.20. The van der Waals surface area contributed by atoms with Crippen molar-refractivity contribution >= 4 is 5.97 Å². The molecule has 0 amide bonds. The van der Waals surface area contributed by atoms with E-state index in [9.17, 15) is 9.90 Å². The van der Waals surface area contributed by atoms with Crippen LogP contribution in [-0.2, 0) is 4.79 Å². The lowest BCUT2D eigenvalue weighted by atomic mass is 9.61. The van der Waals surface area contributed by atoms with E-state index in [-0.39, 0.29) is 5.92 Å². The lowest BCUT2D eigenvalue weighted by Crippen LogP contribution is -2.39. The third-order valence-corrected chi connectivity index (χ3v) is 4.47. The normalized spacial score (nSPS) is 28.9. The molecule has 2 unspecified atom stereocenters. The van der Waals surface area contributed by atoms with Crippen molar-refractivity contribution in [3.63, 3.8) is 0 Å². The molecule has 0 saturated carbocycles. The van der Waals surface area contributed by atoms with Crippen molar-refractivity contribution in [1.82, 2.24) is 0 Å². The Hall–Kier alpha value is -0.790. The minimum Gasteiger partial charge on any atom is -0.478 e. The van der Waals surface area contributed by atoms with E-state index in [2.05, 4.69) is 41.5 Å². The summed E-state index contributed by atoms with van der Waals surface area (Å²) in [5, 5.41) is 9.41. The number of allylic oxidation sites excluding steroid dienone is 1. The fourth-order valence-corrected chi connectivity index (χ4v) is 3.69. The summed E-state index contributed by atoms with van der Waals surface area (Å²) in [6.07, 6.45) is 2.90. The number of carboxylic acids is 1. The average Bonchev–Trinajstić information content (AvgIpc) is 2.26. The maximum Gasteiger partial charge on any atom is 0.331 e. The second kappa shape index (κ2) is 5.90. The summed E-state index contributed by atoms with van der Waals surface area (Å²) in [7, 11) is 0. The van der Waals surface area contributed by atoms with Crippen LogP contribution in [0, 0.1) is 35.5 Å². The maximum atomic E-state index is 11.4. The molecule has 0 aromatic rings. The molecular weight excluding hydrogens is 224 g/mol. The molecule has 1 aliphatic carbocycles. The van der Waals surface area contributed by atoms with E-state index < -0.39 is 5.97 Å². The van der Waals surface area contributed by atoms with Gasteiger partial charge in [-0.2, -0.15) is 0 Å². The first-order valence-electron chi connectivity index (χ1n) is 7.20. The lowest BCUT2D eigenvalue weighted by molar-refractivity contribution is -0.134. The van der Waals surface area contributed by atoms with E-state index in [1.807, 2.05) is 6.08 Å². The van der Waals surface area contributed by atoms with Gasteiger partial charge in [0.25, 0.3) is 0 Å². The van der Waals surface area contributed by atoms with Gasteiger partial charge in [0, 0.05) is 5.57 Å². The summed E-state index contributed by atoms with van der Waals surface area (Å²) < 4.78 is 0. The molecule has 0 radical (unpaired) electrons. The Bertz CT molecular complexity index is 326. The van der Waals surface area contributed by atoms with Gasteiger partial charge in [-0.15, -0.1) is 0 Å². The Morgan fingerprint density at radius 2 is 1.67 bits per heavy atom. The van der Waals surface area contributed by atoms with Crippen molar-refractivity contribution in [3.8, 4) is 0 Å². The molecule has 1 rings (SSSR count). The number of hydrogen-bond donors (Lipinski definition) is 1. The van der Waals surface area contributed by atoms with Crippen LogP contribution < -0.4 is 0 Å². The van der Waals surface area contributed by atoms with Crippen LogP contribution in [0.15, 0.2) is 11.6 Å². The SMILES string of the molecule is CC(C)C1C(C(=O)O)=CC[C@H](C(C)C)C1C(C)C. The van der Waals surface area contributed by atoms with Crippen LogP contribution in [-0.4, -0.2) is 11.1 Å². The largest absolute Gasteiger partial charge is 0.478 e. The standard InChI is InChI=1S/C16H28O2/c1-9(2)12-7-8-13(16(17)18)15(11(5)6)14(12)10(3)4/h8-12,14-15H,7H2,1-6H3,(H,17,18)/t12-,14?,15?/m1/s1. The van der Waals surface area contributed by atoms with E-state index in [0.717, 1.165) is 6.42 Å². The van der Waals surface area contributed by atoms with Gasteiger partial charge in [0.1, 0.15) is 0 Å². The van der Waals surface area contributed by atoms with Crippen LogP contribution in [0.25, 0.3) is 0 Å². The molecule has 0 aromatic heterocycles. The molecule has 0 aromatic carbocycles. The second-order valence-corrected chi connectivity index (χ2v) is 6.70. The van der Waals surface area contributed by atoms with Gasteiger partial charge in [0.15, 0.2) is 0 Å². The molecule has 1 aliphatic rings. The zero-order chi connectivity index (χ0) is 14.0. The Morgan fingerprint density at radius 3 is 2.00 bits per heavy atom. The van der Waals surface area contributed by atoms with Crippen molar-refractivity contribution in [1.29, 1.82) is 0 Å². The van der Waals surface area contributed by atoms with Gasteiger partial charge in [-0.1, -0.05) is 47.6 Å². The molecule has 0 bridgehead atoms. The van der Waals surface area contributed by atoms with Crippen LogP contribution >= 0.6 is 0 Å². The van der Waals surface area contributed by atoms with Gasteiger partial charge >= 0.3 is 5.97 Å². The van der Waals surface area contributed by atoms with Gasteiger partial charge in [-0.25, -0.2) is 4.79 Å². The van der Waals surface area contributed by atoms with E-state index in [1.165, 1.54) is 0 Å². The highest BCUT2D eigenvalue weighted by atomic mass is 16.4. The van der Waals surface area contributed by atoms with Gasteiger partial charge in [0.05, 0.1) is 0 Å². The Balaban J connectivity index is 3.18. The molecule has 0 fully saturated rings. The zero-order valence-corrected chi connectivity index (χ0v) is 12.6. The smallest absolute Gasteiger partial charge is 0.331 e. The molecule has 1 N–H and O–H groups in total. The predicted octanol–water partition coefficient (Wildman–Crippen LogP) is 4.22. The Morgan fingerprint density at radius 1 is 1.11 bits per heavy atom. The molecular formula is C16H28O2. The third kappa shape index (κ3) is 2.96.